The van der Waals surface area contributed by atoms with Gasteiger partial charge in [-0.15, -0.1) is 0 Å². The van der Waals surface area contributed by atoms with E-state index in [2.05, 4.69) is 9.71 Å². The van der Waals surface area contributed by atoms with Crippen LogP contribution in [-0.4, -0.2) is 24.4 Å². The van der Waals surface area contributed by atoms with Crippen LogP contribution in [0.15, 0.2) is 47.6 Å². The van der Waals surface area contributed by atoms with Gasteiger partial charge in [0.25, 0.3) is 5.69 Å². The quantitative estimate of drug-likeness (QED) is 0.611. The second-order valence-electron chi connectivity index (χ2n) is 5.68. The third kappa shape index (κ3) is 4.59. The molecule has 2 aromatic rings. The van der Waals surface area contributed by atoms with Crippen LogP contribution in [0.3, 0.4) is 0 Å². The highest BCUT2D eigenvalue weighted by Crippen LogP contribution is 2.24. The Hall–Kier alpha value is -2.32. The molecule has 128 valence electrons. The van der Waals surface area contributed by atoms with E-state index >= 15 is 0 Å². The maximum atomic E-state index is 12.2. The van der Waals surface area contributed by atoms with Gasteiger partial charge in [0.1, 0.15) is 0 Å². The SMILES string of the molecule is CC(C)NS(=O)(=O)c1ccc(CCc2cccnc2)c([N+](=O)[O-])c1. The molecule has 0 amide bonds. The van der Waals surface area contributed by atoms with Gasteiger partial charge in [-0.3, -0.25) is 15.1 Å². The Kier molecular flexibility index (Phi) is 5.63. The van der Waals surface area contributed by atoms with E-state index in [9.17, 15) is 18.5 Å². The molecule has 1 aromatic carbocycles. The number of nitro groups is 1. The first-order valence-electron chi connectivity index (χ1n) is 7.48. The Morgan fingerprint density at radius 2 is 2.00 bits per heavy atom. The molecule has 0 aliphatic carbocycles. The first kappa shape index (κ1) is 18.0. The van der Waals surface area contributed by atoms with Crippen molar-refractivity contribution < 1.29 is 13.3 Å². The van der Waals surface area contributed by atoms with Crippen molar-refractivity contribution >= 4 is 15.7 Å². The van der Waals surface area contributed by atoms with Crippen molar-refractivity contribution in [3.8, 4) is 0 Å². The van der Waals surface area contributed by atoms with Crippen LogP contribution >= 0.6 is 0 Å². The maximum absolute atomic E-state index is 12.2. The summed E-state index contributed by atoms with van der Waals surface area (Å²) in [6.07, 6.45) is 4.38. The van der Waals surface area contributed by atoms with Crippen LogP contribution in [0.2, 0.25) is 0 Å². The van der Waals surface area contributed by atoms with E-state index in [0.29, 0.717) is 18.4 Å². The topological polar surface area (TPSA) is 102 Å². The average molecular weight is 349 g/mol. The van der Waals surface area contributed by atoms with Gasteiger partial charge in [-0.2, -0.15) is 0 Å². The minimum atomic E-state index is -3.76. The average Bonchev–Trinajstić information content (AvgIpc) is 2.52. The summed E-state index contributed by atoms with van der Waals surface area (Å²) in [5, 5.41) is 11.3. The Balaban J connectivity index is 2.29. The minimum absolute atomic E-state index is 0.104. The van der Waals surface area contributed by atoms with Crippen molar-refractivity contribution in [2.45, 2.75) is 37.6 Å². The lowest BCUT2D eigenvalue weighted by Crippen LogP contribution is -2.30. The van der Waals surface area contributed by atoms with Gasteiger partial charge in [-0.05, 0) is 44.4 Å². The van der Waals surface area contributed by atoms with E-state index in [-0.39, 0.29) is 16.6 Å². The number of hydrogen-bond donors (Lipinski definition) is 1. The van der Waals surface area contributed by atoms with Gasteiger partial charge >= 0.3 is 0 Å². The van der Waals surface area contributed by atoms with Crippen LogP contribution in [-0.2, 0) is 22.9 Å². The summed E-state index contributed by atoms with van der Waals surface area (Å²) < 4.78 is 26.8. The highest BCUT2D eigenvalue weighted by molar-refractivity contribution is 7.89. The first-order valence-corrected chi connectivity index (χ1v) is 8.96. The monoisotopic (exact) mass is 349 g/mol. The summed E-state index contributed by atoms with van der Waals surface area (Å²) in [7, 11) is -3.76. The van der Waals surface area contributed by atoms with E-state index in [1.807, 2.05) is 6.07 Å². The fourth-order valence-electron chi connectivity index (χ4n) is 2.30. The number of aryl methyl sites for hydroxylation is 2. The highest BCUT2D eigenvalue weighted by atomic mass is 32.2. The van der Waals surface area contributed by atoms with E-state index in [1.165, 1.54) is 12.1 Å². The molecule has 0 bridgehead atoms. The summed E-state index contributed by atoms with van der Waals surface area (Å²) >= 11 is 0. The fourth-order valence-corrected chi connectivity index (χ4v) is 3.57. The maximum Gasteiger partial charge on any atom is 0.273 e. The molecule has 0 spiro atoms. The molecular formula is C16H19N3O4S. The summed E-state index contributed by atoms with van der Waals surface area (Å²) in [5.74, 6) is 0. The molecule has 24 heavy (non-hydrogen) atoms. The van der Waals surface area contributed by atoms with Crippen LogP contribution in [0.5, 0.6) is 0 Å². The van der Waals surface area contributed by atoms with Gasteiger partial charge in [-0.1, -0.05) is 12.1 Å². The molecule has 0 atom stereocenters. The number of nitro benzene ring substituents is 1. The summed E-state index contributed by atoms with van der Waals surface area (Å²) in [5.41, 5.74) is 1.27. The van der Waals surface area contributed by atoms with Gasteiger partial charge in [0.15, 0.2) is 0 Å². The number of nitrogens with zero attached hydrogens (tertiary/aromatic N) is 2. The van der Waals surface area contributed by atoms with Crippen LogP contribution in [0.4, 0.5) is 5.69 Å². The zero-order valence-corrected chi connectivity index (χ0v) is 14.3. The standard InChI is InChI=1S/C16H19N3O4S/c1-12(2)18-24(22,23)15-8-7-14(16(10-15)19(20)21)6-5-13-4-3-9-17-11-13/h3-4,7-12,18H,5-6H2,1-2H3. The normalized spacial score (nSPS) is 11.6. The smallest absolute Gasteiger partial charge is 0.264 e. The zero-order valence-electron chi connectivity index (χ0n) is 13.5. The largest absolute Gasteiger partial charge is 0.273 e. The number of nitrogens with one attached hydrogen (secondary N) is 1. The van der Waals surface area contributed by atoms with Crippen molar-refractivity contribution in [2.75, 3.05) is 0 Å². The summed E-state index contributed by atoms with van der Waals surface area (Å²) in [6.45, 7) is 3.38. The number of aromatic nitrogens is 1. The van der Waals surface area contributed by atoms with Gasteiger partial charge in [-0.25, -0.2) is 13.1 Å². The molecule has 2 rings (SSSR count). The molecule has 0 unspecified atom stereocenters. The predicted molar refractivity (Wildman–Crippen MR) is 90.2 cm³/mol. The Bertz CT molecular complexity index is 820. The molecule has 0 aliphatic rings. The van der Waals surface area contributed by atoms with Crippen molar-refractivity contribution in [1.29, 1.82) is 0 Å². The number of rotatable bonds is 7. The Labute approximate surface area is 140 Å². The lowest BCUT2D eigenvalue weighted by Gasteiger charge is -2.10. The molecular weight excluding hydrogens is 330 g/mol. The number of pyridine rings is 1. The molecule has 0 saturated heterocycles. The van der Waals surface area contributed by atoms with E-state index < -0.39 is 14.9 Å². The van der Waals surface area contributed by atoms with Crippen LogP contribution in [0.25, 0.3) is 0 Å². The van der Waals surface area contributed by atoms with E-state index in [1.54, 1.807) is 32.3 Å². The van der Waals surface area contributed by atoms with Gasteiger partial charge in [0.2, 0.25) is 10.0 Å². The molecule has 0 saturated carbocycles. The number of hydrogen-bond acceptors (Lipinski definition) is 5. The second kappa shape index (κ2) is 7.50. The molecule has 7 nitrogen and oxygen atoms in total. The van der Waals surface area contributed by atoms with Crippen LogP contribution in [0.1, 0.15) is 25.0 Å². The number of benzene rings is 1. The van der Waals surface area contributed by atoms with Crippen LogP contribution < -0.4 is 4.72 Å². The lowest BCUT2D eigenvalue weighted by molar-refractivity contribution is -0.385. The molecule has 0 fully saturated rings. The fraction of sp³-hybridized carbons (Fsp3) is 0.312. The van der Waals surface area contributed by atoms with E-state index in [4.69, 9.17) is 0 Å². The second-order valence-corrected chi connectivity index (χ2v) is 7.40. The third-order valence-electron chi connectivity index (χ3n) is 3.36. The molecule has 1 heterocycles. The highest BCUT2D eigenvalue weighted by Gasteiger charge is 2.21. The predicted octanol–water partition coefficient (Wildman–Crippen LogP) is 2.46. The summed E-state index contributed by atoms with van der Waals surface area (Å²) in [6, 6.07) is 7.42. The molecule has 1 aromatic heterocycles. The third-order valence-corrected chi connectivity index (χ3v) is 5.02. The van der Waals surface area contributed by atoms with Gasteiger partial charge < -0.3 is 0 Å². The van der Waals surface area contributed by atoms with Crippen molar-refractivity contribution in [3.63, 3.8) is 0 Å². The van der Waals surface area contributed by atoms with Crippen LogP contribution in [0, 0.1) is 10.1 Å². The first-order chi connectivity index (χ1) is 11.3. The lowest BCUT2D eigenvalue weighted by atomic mass is 10.0. The number of sulfonamides is 1. The molecule has 1 N–H and O–H groups in total. The molecule has 0 aliphatic heterocycles. The molecule has 8 heteroatoms. The van der Waals surface area contributed by atoms with Gasteiger partial charge in [0, 0.05) is 30.1 Å². The van der Waals surface area contributed by atoms with Crippen molar-refractivity contribution in [2.24, 2.45) is 0 Å². The zero-order chi connectivity index (χ0) is 17.7. The Morgan fingerprint density at radius 1 is 1.25 bits per heavy atom. The minimum Gasteiger partial charge on any atom is -0.264 e. The van der Waals surface area contributed by atoms with Crippen molar-refractivity contribution in [1.82, 2.24) is 9.71 Å². The van der Waals surface area contributed by atoms with Gasteiger partial charge in [0.05, 0.1) is 9.82 Å². The van der Waals surface area contributed by atoms with E-state index in [0.717, 1.165) is 11.6 Å². The Morgan fingerprint density at radius 3 is 2.58 bits per heavy atom. The van der Waals surface area contributed by atoms with Crippen molar-refractivity contribution in [3.05, 3.63) is 64.0 Å². The molecule has 0 radical (unpaired) electrons. The summed E-state index contributed by atoms with van der Waals surface area (Å²) in [4.78, 5) is 14.7.